The normalized spacial score (nSPS) is 13.2. The van der Waals surface area contributed by atoms with E-state index in [1.165, 1.54) is 11.1 Å². The van der Waals surface area contributed by atoms with Crippen LogP contribution in [0, 0.1) is 0 Å². The lowest BCUT2D eigenvalue weighted by atomic mass is 9.81. The van der Waals surface area contributed by atoms with Crippen LogP contribution in [0.2, 0.25) is 0 Å². The van der Waals surface area contributed by atoms with Crippen LogP contribution in [0.15, 0.2) is 48.5 Å². The number of benzene rings is 2. The van der Waals surface area contributed by atoms with E-state index < -0.39 is 6.10 Å². The molecule has 0 saturated heterocycles. The fraction of sp³-hybridized carbons (Fsp3) is 0.400. The van der Waals surface area contributed by atoms with Crippen molar-refractivity contribution in [3.63, 3.8) is 0 Å². The molecule has 2 rings (SSSR count). The first-order valence-electron chi connectivity index (χ1n) is 7.85. The van der Waals surface area contributed by atoms with Crippen LogP contribution in [0.3, 0.4) is 0 Å². The minimum Gasteiger partial charge on any atom is -0.384 e. The Morgan fingerprint density at radius 2 is 1.33 bits per heavy atom. The lowest BCUT2D eigenvalue weighted by molar-refractivity contribution is 0.220. The number of rotatable bonds is 5. The molecular formula is C20H26O. The van der Waals surface area contributed by atoms with E-state index in [4.69, 9.17) is 0 Å². The summed E-state index contributed by atoms with van der Waals surface area (Å²) < 4.78 is 0. The molecule has 0 radical (unpaired) electrons. The van der Waals surface area contributed by atoms with Crippen LogP contribution in [-0.4, -0.2) is 5.11 Å². The van der Waals surface area contributed by atoms with Gasteiger partial charge in [-0.15, -0.1) is 0 Å². The summed E-state index contributed by atoms with van der Waals surface area (Å²) >= 11 is 0. The van der Waals surface area contributed by atoms with E-state index in [1.54, 1.807) is 0 Å². The van der Waals surface area contributed by atoms with Gasteiger partial charge in [0.1, 0.15) is 6.10 Å². The lowest BCUT2D eigenvalue weighted by Gasteiger charge is -2.24. The molecule has 0 amide bonds. The third-order valence-corrected chi connectivity index (χ3v) is 4.60. The van der Waals surface area contributed by atoms with Crippen molar-refractivity contribution in [1.82, 2.24) is 0 Å². The van der Waals surface area contributed by atoms with Crippen LogP contribution in [0.1, 0.15) is 62.5 Å². The predicted molar refractivity (Wildman–Crippen MR) is 89.6 cm³/mol. The number of aliphatic hydroxyl groups is 1. The van der Waals surface area contributed by atoms with Crippen molar-refractivity contribution in [2.75, 3.05) is 0 Å². The second-order valence-electron chi connectivity index (χ2n) is 6.36. The van der Waals surface area contributed by atoms with E-state index in [9.17, 15) is 5.11 Å². The number of aryl methyl sites for hydroxylation is 1. The van der Waals surface area contributed by atoms with Gasteiger partial charge in [-0.1, -0.05) is 76.2 Å². The first-order valence-corrected chi connectivity index (χ1v) is 7.85. The maximum atomic E-state index is 10.5. The van der Waals surface area contributed by atoms with Gasteiger partial charge >= 0.3 is 0 Å². The van der Waals surface area contributed by atoms with Gasteiger partial charge < -0.3 is 5.11 Å². The average molecular weight is 282 g/mol. The molecule has 1 heteroatoms. The van der Waals surface area contributed by atoms with Gasteiger partial charge in [0.05, 0.1) is 0 Å². The quantitative estimate of drug-likeness (QED) is 0.816. The minimum atomic E-state index is -0.547. The zero-order valence-corrected chi connectivity index (χ0v) is 13.6. The van der Waals surface area contributed by atoms with E-state index in [1.807, 2.05) is 24.3 Å². The summed E-state index contributed by atoms with van der Waals surface area (Å²) in [6.45, 7) is 8.85. The summed E-state index contributed by atoms with van der Waals surface area (Å²) in [5, 5.41) is 10.5. The van der Waals surface area contributed by atoms with Crippen molar-refractivity contribution in [3.05, 3.63) is 70.8 Å². The number of hydrogen-bond acceptors (Lipinski definition) is 1. The molecule has 2 aromatic rings. The van der Waals surface area contributed by atoms with E-state index in [-0.39, 0.29) is 5.41 Å². The Morgan fingerprint density at radius 3 is 1.76 bits per heavy atom. The molecule has 0 aliphatic heterocycles. The van der Waals surface area contributed by atoms with Crippen molar-refractivity contribution in [1.29, 1.82) is 0 Å². The fourth-order valence-corrected chi connectivity index (χ4v) is 2.45. The second kappa shape index (κ2) is 6.44. The van der Waals surface area contributed by atoms with Gasteiger partial charge in [0, 0.05) is 0 Å². The highest BCUT2D eigenvalue weighted by Gasteiger charge is 2.18. The molecule has 0 saturated carbocycles. The molecule has 1 N–H and O–H groups in total. The molecule has 0 aliphatic carbocycles. The first kappa shape index (κ1) is 15.8. The van der Waals surface area contributed by atoms with Crippen molar-refractivity contribution in [2.45, 2.75) is 52.1 Å². The van der Waals surface area contributed by atoms with Crippen LogP contribution in [-0.2, 0) is 11.8 Å². The summed E-state index contributed by atoms with van der Waals surface area (Å²) in [7, 11) is 0. The van der Waals surface area contributed by atoms with Gasteiger partial charge in [-0.3, -0.25) is 0 Å². The lowest BCUT2D eigenvalue weighted by Crippen LogP contribution is -2.15. The van der Waals surface area contributed by atoms with Crippen LogP contribution in [0.5, 0.6) is 0 Å². The third kappa shape index (κ3) is 3.54. The van der Waals surface area contributed by atoms with Crippen LogP contribution in [0.4, 0.5) is 0 Å². The molecule has 0 heterocycles. The Kier molecular flexibility index (Phi) is 4.84. The van der Waals surface area contributed by atoms with Crippen LogP contribution >= 0.6 is 0 Å². The average Bonchev–Trinajstić information content (AvgIpc) is 2.54. The van der Waals surface area contributed by atoms with Crippen molar-refractivity contribution in [2.24, 2.45) is 0 Å². The van der Waals surface area contributed by atoms with Crippen LogP contribution in [0.25, 0.3) is 0 Å². The number of hydrogen-bond donors (Lipinski definition) is 1. The van der Waals surface area contributed by atoms with E-state index >= 15 is 0 Å². The second-order valence-corrected chi connectivity index (χ2v) is 6.36. The van der Waals surface area contributed by atoms with E-state index in [0.717, 1.165) is 24.0 Å². The largest absolute Gasteiger partial charge is 0.384 e. The van der Waals surface area contributed by atoms with Crippen molar-refractivity contribution < 1.29 is 5.11 Å². The summed E-state index contributed by atoms with van der Waals surface area (Å²) in [5.74, 6) is 0. The van der Waals surface area contributed by atoms with Gasteiger partial charge in [-0.05, 0) is 40.5 Å². The third-order valence-electron chi connectivity index (χ3n) is 4.60. The van der Waals surface area contributed by atoms with Crippen LogP contribution < -0.4 is 0 Å². The summed E-state index contributed by atoms with van der Waals surface area (Å²) in [6.07, 6.45) is 1.58. The van der Waals surface area contributed by atoms with Gasteiger partial charge in [-0.2, -0.15) is 0 Å². The van der Waals surface area contributed by atoms with Gasteiger partial charge in [0.15, 0.2) is 0 Å². The Bertz CT molecular complexity index is 564. The maximum Gasteiger partial charge on any atom is 0.104 e. The molecular weight excluding hydrogens is 256 g/mol. The molecule has 2 aromatic carbocycles. The molecule has 1 atom stereocenters. The topological polar surface area (TPSA) is 20.2 Å². The van der Waals surface area contributed by atoms with E-state index in [0.29, 0.717) is 0 Å². The maximum absolute atomic E-state index is 10.5. The fourth-order valence-electron chi connectivity index (χ4n) is 2.45. The molecule has 0 spiro atoms. The monoisotopic (exact) mass is 282 g/mol. The highest BCUT2D eigenvalue weighted by molar-refractivity contribution is 5.35. The Labute approximate surface area is 128 Å². The smallest absolute Gasteiger partial charge is 0.104 e. The summed E-state index contributed by atoms with van der Waals surface area (Å²) in [6, 6.07) is 16.6. The van der Waals surface area contributed by atoms with Crippen molar-refractivity contribution in [3.8, 4) is 0 Å². The molecule has 0 aromatic heterocycles. The van der Waals surface area contributed by atoms with Gasteiger partial charge in [-0.25, -0.2) is 0 Å². The van der Waals surface area contributed by atoms with Gasteiger partial charge in [0.25, 0.3) is 0 Å². The first-order chi connectivity index (χ1) is 9.97. The van der Waals surface area contributed by atoms with Crippen molar-refractivity contribution >= 4 is 0 Å². The SMILES string of the molecule is CCc1ccc(C(O)c2ccc(C(C)(C)CC)cc2)cc1. The van der Waals surface area contributed by atoms with E-state index in [2.05, 4.69) is 52.0 Å². The molecule has 21 heavy (non-hydrogen) atoms. The Balaban J connectivity index is 2.21. The molecule has 1 nitrogen and oxygen atoms in total. The predicted octanol–water partition coefficient (Wildman–Crippen LogP) is 5.02. The molecule has 112 valence electrons. The Hall–Kier alpha value is -1.60. The summed E-state index contributed by atoms with van der Waals surface area (Å²) in [5.41, 5.74) is 4.71. The molecule has 0 aliphatic rings. The molecule has 0 fully saturated rings. The molecule has 1 unspecified atom stereocenters. The Morgan fingerprint density at radius 1 is 0.857 bits per heavy atom. The summed E-state index contributed by atoms with van der Waals surface area (Å²) in [4.78, 5) is 0. The number of aliphatic hydroxyl groups excluding tert-OH is 1. The molecule has 0 bridgehead atoms. The standard InChI is InChI=1S/C20H26O/c1-5-15-7-9-16(10-8-15)19(21)17-11-13-18(14-12-17)20(3,4)6-2/h7-14,19,21H,5-6H2,1-4H3. The highest BCUT2D eigenvalue weighted by atomic mass is 16.3. The minimum absolute atomic E-state index is 0.187. The van der Waals surface area contributed by atoms with Gasteiger partial charge in [0.2, 0.25) is 0 Å². The highest BCUT2D eigenvalue weighted by Crippen LogP contribution is 2.29. The zero-order chi connectivity index (χ0) is 15.5. The zero-order valence-electron chi connectivity index (χ0n) is 13.6.